The first-order valence-electron chi connectivity index (χ1n) is 9.33. The number of nitrogens with zero attached hydrogens (tertiary/aromatic N) is 3. The first-order valence-corrected chi connectivity index (χ1v) is 9.33. The van der Waals surface area contributed by atoms with Crippen LogP contribution in [0.5, 0.6) is 0 Å². The van der Waals surface area contributed by atoms with E-state index in [0.717, 1.165) is 36.9 Å². The number of halogens is 1. The monoisotopic (exact) mass is 463 g/mol. The van der Waals surface area contributed by atoms with Crippen LogP contribution in [0, 0.1) is 13.8 Å². The molecule has 0 atom stereocenters. The largest absolute Gasteiger partial charge is 0.361 e. The van der Waals surface area contributed by atoms with Crippen LogP contribution in [-0.2, 0) is 6.42 Å². The van der Waals surface area contributed by atoms with Crippen LogP contribution >= 0.6 is 24.0 Å². The number of likely N-dealkylation sites (tertiary alicyclic amines) is 1. The van der Waals surface area contributed by atoms with Gasteiger partial charge in [-0.05, 0) is 53.0 Å². The van der Waals surface area contributed by atoms with E-state index in [1.165, 1.54) is 44.5 Å². The predicted molar refractivity (Wildman–Crippen MR) is 114 cm³/mol. The Morgan fingerprint density at radius 3 is 2.56 bits per heavy atom. The Morgan fingerprint density at radius 2 is 2.00 bits per heavy atom. The minimum atomic E-state index is 0. The van der Waals surface area contributed by atoms with Crippen molar-refractivity contribution in [1.82, 2.24) is 20.7 Å². The summed E-state index contributed by atoms with van der Waals surface area (Å²) in [5.41, 5.74) is 2.16. The zero-order valence-electron chi connectivity index (χ0n) is 16.1. The molecule has 2 rings (SSSR count). The summed E-state index contributed by atoms with van der Waals surface area (Å²) in [6.07, 6.45) is 4.49. The van der Waals surface area contributed by atoms with Crippen molar-refractivity contribution in [3.8, 4) is 0 Å². The fraction of sp³-hybridized carbons (Fsp3) is 0.778. The third-order valence-electron chi connectivity index (χ3n) is 4.63. The molecule has 0 saturated carbocycles. The van der Waals surface area contributed by atoms with Gasteiger partial charge in [-0.15, -0.1) is 24.0 Å². The van der Waals surface area contributed by atoms with E-state index in [4.69, 9.17) is 9.52 Å². The fourth-order valence-corrected chi connectivity index (χ4v) is 3.27. The van der Waals surface area contributed by atoms with Gasteiger partial charge >= 0.3 is 0 Å². The molecule has 1 aromatic rings. The van der Waals surface area contributed by atoms with E-state index in [2.05, 4.69) is 34.5 Å². The molecule has 1 aliphatic rings. The van der Waals surface area contributed by atoms with Crippen molar-refractivity contribution in [2.45, 2.75) is 59.4 Å². The summed E-state index contributed by atoms with van der Waals surface area (Å²) in [6.45, 7) is 13.5. The summed E-state index contributed by atoms with van der Waals surface area (Å²) >= 11 is 0. The Balaban J connectivity index is 0.00000312. The van der Waals surface area contributed by atoms with Crippen molar-refractivity contribution < 1.29 is 4.52 Å². The maximum absolute atomic E-state index is 5.22. The molecule has 1 saturated heterocycles. The van der Waals surface area contributed by atoms with Gasteiger partial charge in [0.1, 0.15) is 5.76 Å². The molecule has 2 heterocycles. The molecule has 2 N–H and O–H groups in total. The lowest BCUT2D eigenvalue weighted by Crippen LogP contribution is -2.48. The molecule has 25 heavy (non-hydrogen) atoms. The second-order valence-electron chi connectivity index (χ2n) is 6.57. The minimum Gasteiger partial charge on any atom is -0.361 e. The van der Waals surface area contributed by atoms with Crippen molar-refractivity contribution in [3.05, 3.63) is 17.0 Å². The molecule has 0 radical (unpaired) electrons. The molecule has 0 spiro atoms. The molecule has 0 bridgehead atoms. The molecular weight excluding hydrogens is 429 g/mol. The molecule has 0 aliphatic carbocycles. The van der Waals surface area contributed by atoms with Crippen molar-refractivity contribution in [2.75, 3.05) is 32.7 Å². The standard InChI is InChI=1S/C18H33N5O.HI/c1-5-11-23-12-8-16(9-13-23)21-18(19-6-2)20-10-7-17-14(3)22-24-15(17)4;/h16H,5-13H2,1-4H3,(H2,19,20,21);1H. The second kappa shape index (κ2) is 11.7. The van der Waals surface area contributed by atoms with Crippen molar-refractivity contribution in [2.24, 2.45) is 4.99 Å². The number of rotatable bonds is 7. The summed E-state index contributed by atoms with van der Waals surface area (Å²) in [4.78, 5) is 7.29. The zero-order chi connectivity index (χ0) is 17.4. The SMILES string of the molecule is CCCN1CCC(NC(=NCCc2c(C)noc2C)NCC)CC1.I. The summed E-state index contributed by atoms with van der Waals surface area (Å²) < 4.78 is 5.22. The van der Waals surface area contributed by atoms with Gasteiger partial charge in [-0.3, -0.25) is 4.99 Å². The highest BCUT2D eigenvalue weighted by atomic mass is 127. The summed E-state index contributed by atoms with van der Waals surface area (Å²) in [5, 5.41) is 11.0. The lowest BCUT2D eigenvalue weighted by Gasteiger charge is -2.32. The number of aliphatic imine (C=N–C) groups is 1. The normalized spacial score (nSPS) is 16.6. The summed E-state index contributed by atoms with van der Waals surface area (Å²) in [5.74, 6) is 1.84. The van der Waals surface area contributed by atoms with Crippen molar-refractivity contribution >= 4 is 29.9 Å². The fourth-order valence-electron chi connectivity index (χ4n) is 3.27. The summed E-state index contributed by atoms with van der Waals surface area (Å²) in [7, 11) is 0. The van der Waals surface area contributed by atoms with E-state index >= 15 is 0 Å². The van der Waals surface area contributed by atoms with Gasteiger partial charge in [-0.25, -0.2) is 0 Å². The van der Waals surface area contributed by atoms with Gasteiger partial charge in [0.25, 0.3) is 0 Å². The van der Waals surface area contributed by atoms with Gasteiger partial charge in [-0.1, -0.05) is 12.1 Å². The number of aromatic nitrogens is 1. The first-order chi connectivity index (χ1) is 11.6. The lowest BCUT2D eigenvalue weighted by molar-refractivity contribution is 0.206. The van der Waals surface area contributed by atoms with E-state index < -0.39 is 0 Å². The molecule has 1 aliphatic heterocycles. The van der Waals surface area contributed by atoms with Gasteiger partial charge < -0.3 is 20.1 Å². The maximum atomic E-state index is 5.22. The summed E-state index contributed by atoms with van der Waals surface area (Å²) in [6, 6.07) is 0.523. The minimum absolute atomic E-state index is 0. The molecule has 144 valence electrons. The zero-order valence-corrected chi connectivity index (χ0v) is 18.4. The highest BCUT2D eigenvalue weighted by molar-refractivity contribution is 14.0. The van der Waals surface area contributed by atoms with Crippen LogP contribution in [0.15, 0.2) is 9.52 Å². The first kappa shape index (κ1) is 22.2. The average Bonchev–Trinajstić information content (AvgIpc) is 2.89. The Kier molecular flexibility index (Phi) is 10.4. The third-order valence-corrected chi connectivity index (χ3v) is 4.63. The number of piperidine rings is 1. The Morgan fingerprint density at radius 1 is 1.28 bits per heavy atom. The smallest absolute Gasteiger partial charge is 0.191 e. The van der Waals surface area contributed by atoms with E-state index in [-0.39, 0.29) is 24.0 Å². The number of aryl methyl sites for hydroxylation is 2. The van der Waals surface area contributed by atoms with Crippen LogP contribution in [0.1, 0.15) is 50.1 Å². The number of nitrogens with one attached hydrogen (secondary N) is 2. The topological polar surface area (TPSA) is 65.7 Å². The molecule has 1 aromatic heterocycles. The number of guanidine groups is 1. The van der Waals surface area contributed by atoms with Crippen LogP contribution in [0.3, 0.4) is 0 Å². The molecule has 7 heteroatoms. The third kappa shape index (κ3) is 7.13. The highest BCUT2D eigenvalue weighted by Crippen LogP contribution is 2.13. The molecule has 0 amide bonds. The van der Waals surface area contributed by atoms with Gasteiger partial charge in [0, 0.05) is 37.8 Å². The molecule has 0 unspecified atom stereocenters. The lowest BCUT2D eigenvalue weighted by atomic mass is 10.1. The molecule has 0 aromatic carbocycles. The van der Waals surface area contributed by atoms with Crippen LogP contribution in [-0.4, -0.2) is 54.8 Å². The van der Waals surface area contributed by atoms with Crippen LogP contribution in [0.25, 0.3) is 0 Å². The van der Waals surface area contributed by atoms with Gasteiger partial charge in [0.05, 0.1) is 5.69 Å². The van der Waals surface area contributed by atoms with Gasteiger partial charge in [-0.2, -0.15) is 0 Å². The Labute approximate surface area is 169 Å². The van der Waals surface area contributed by atoms with Crippen LogP contribution in [0.4, 0.5) is 0 Å². The van der Waals surface area contributed by atoms with E-state index in [1.54, 1.807) is 0 Å². The molecule has 6 nitrogen and oxygen atoms in total. The second-order valence-corrected chi connectivity index (χ2v) is 6.57. The highest BCUT2D eigenvalue weighted by Gasteiger charge is 2.19. The van der Waals surface area contributed by atoms with Gasteiger partial charge in [0.15, 0.2) is 5.96 Å². The molecule has 1 fully saturated rings. The Bertz CT molecular complexity index is 504. The maximum Gasteiger partial charge on any atom is 0.191 e. The van der Waals surface area contributed by atoms with E-state index in [9.17, 15) is 0 Å². The van der Waals surface area contributed by atoms with Crippen molar-refractivity contribution in [3.63, 3.8) is 0 Å². The van der Waals surface area contributed by atoms with Crippen LogP contribution < -0.4 is 10.6 Å². The Hall–Kier alpha value is -0.830. The average molecular weight is 463 g/mol. The van der Waals surface area contributed by atoms with E-state index in [0.29, 0.717) is 6.04 Å². The van der Waals surface area contributed by atoms with Crippen molar-refractivity contribution in [1.29, 1.82) is 0 Å². The van der Waals surface area contributed by atoms with Crippen LogP contribution in [0.2, 0.25) is 0 Å². The molecular formula is C18H34IN5O. The van der Waals surface area contributed by atoms with Gasteiger partial charge in [0.2, 0.25) is 0 Å². The quantitative estimate of drug-likeness (QED) is 0.370. The predicted octanol–water partition coefficient (Wildman–Crippen LogP) is 2.88. The van der Waals surface area contributed by atoms with E-state index in [1.807, 2.05) is 13.8 Å². The number of hydrogen-bond acceptors (Lipinski definition) is 4. The number of hydrogen-bond donors (Lipinski definition) is 2.